The quantitative estimate of drug-likeness (QED) is 0.772. The molecule has 1 atom stereocenters. The van der Waals surface area contributed by atoms with E-state index in [1.54, 1.807) is 6.07 Å². The van der Waals surface area contributed by atoms with E-state index in [0.717, 1.165) is 44.6 Å². The molecule has 1 aliphatic rings. The molecule has 1 saturated heterocycles. The second-order valence-electron chi connectivity index (χ2n) is 6.58. The van der Waals surface area contributed by atoms with Crippen LogP contribution < -0.4 is 0 Å². The molecule has 1 fully saturated rings. The van der Waals surface area contributed by atoms with E-state index < -0.39 is 0 Å². The summed E-state index contributed by atoms with van der Waals surface area (Å²) < 4.78 is 5.41. The van der Waals surface area contributed by atoms with Crippen LogP contribution in [0.4, 0.5) is 0 Å². The van der Waals surface area contributed by atoms with E-state index in [0.29, 0.717) is 23.3 Å². The lowest BCUT2D eigenvalue weighted by atomic mass is 9.96. The van der Waals surface area contributed by atoms with E-state index in [-0.39, 0.29) is 11.8 Å². The molecule has 1 unspecified atom stereocenters. The van der Waals surface area contributed by atoms with Crippen LogP contribution in [0.5, 0.6) is 0 Å². The van der Waals surface area contributed by atoms with Gasteiger partial charge in [0.25, 0.3) is 0 Å². The van der Waals surface area contributed by atoms with Crippen molar-refractivity contribution in [3.05, 3.63) is 35.2 Å². The second kappa shape index (κ2) is 8.64. The van der Waals surface area contributed by atoms with E-state index in [4.69, 9.17) is 16.1 Å². The zero-order valence-corrected chi connectivity index (χ0v) is 16.1. The molecule has 6 nitrogen and oxygen atoms in total. The number of rotatable bonds is 6. The van der Waals surface area contributed by atoms with Gasteiger partial charge in [-0.15, -0.1) is 0 Å². The first kappa shape index (κ1) is 18.9. The number of carbonyl (C=O) groups is 1. The van der Waals surface area contributed by atoms with Crippen LogP contribution in [-0.2, 0) is 11.3 Å². The van der Waals surface area contributed by atoms with Crippen LogP contribution in [0.1, 0.15) is 32.6 Å². The first-order chi connectivity index (χ1) is 12.6. The van der Waals surface area contributed by atoms with Crippen molar-refractivity contribution < 1.29 is 9.32 Å². The lowest BCUT2D eigenvalue weighted by Crippen LogP contribution is -2.44. The molecule has 0 saturated carbocycles. The van der Waals surface area contributed by atoms with Crippen LogP contribution in [-0.4, -0.2) is 52.0 Å². The summed E-state index contributed by atoms with van der Waals surface area (Å²) in [6.07, 6.45) is 1.95. The van der Waals surface area contributed by atoms with Crippen molar-refractivity contribution in [3.8, 4) is 11.4 Å². The minimum Gasteiger partial charge on any atom is -0.343 e. The Kier molecular flexibility index (Phi) is 6.27. The van der Waals surface area contributed by atoms with Crippen LogP contribution in [0, 0.1) is 5.92 Å². The Labute approximate surface area is 159 Å². The molecule has 26 heavy (non-hydrogen) atoms. The Balaban J connectivity index is 1.64. The van der Waals surface area contributed by atoms with Gasteiger partial charge in [0.1, 0.15) is 0 Å². The monoisotopic (exact) mass is 376 g/mol. The van der Waals surface area contributed by atoms with Crippen molar-refractivity contribution in [2.24, 2.45) is 5.92 Å². The van der Waals surface area contributed by atoms with Crippen molar-refractivity contribution in [2.45, 2.75) is 33.2 Å². The van der Waals surface area contributed by atoms with Crippen molar-refractivity contribution in [3.63, 3.8) is 0 Å². The molecule has 1 amide bonds. The van der Waals surface area contributed by atoms with Gasteiger partial charge in [-0.25, -0.2) is 0 Å². The van der Waals surface area contributed by atoms with Gasteiger partial charge in [0, 0.05) is 25.2 Å². The van der Waals surface area contributed by atoms with Gasteiger partial charge >= 0.3 is 0 Å². The van der Waals surface area contributed by atoms with Gasteiger partial charge in [0.15, 0.2) is 0 Å². The number of halogens is 1. The summed E-state index contributed by atoms with van der Waals surface area (Å²) in [5, 5.41) is 4.65. The van der Waals surface area contributed by atoms with Gasteiger partial charge in [0.2, 0.25) is 17.6 Å². The molecule has 2 heterocycles. The zero-order chi connectivity index (χ0) is 18.5. The lowest BCUT2D eigenvalue weighted by molar-refractivity contribution is -0.137. The number of amides is 1. The topological polar surface area (TPSA) is 62.5 Å². The van der Waals surface area contributed by atoms with E-state index in [2.05, 4.69) is 15.0 Å². The largest absolute Gasteiger partial charge is 0.343 e. The molecule has 1 aromatic carbocycles. The van der Waals surface area contributed by atoms with E-state index >= 15 is 0 Å². The van der Waals surface area contributed by atoms with Crippen LogP contribution in [0.2, 0.25) is 5.02 Å². The molecule has 0 spiro atoms. The zero-order valence-electron chi connectivity index (χ0n) is 15.3. The van der Waals surface area contributed by atoms with Gasteiger partial charge < -0.3 is 9.42 Å². The number of benzene rings is 1. The highest BCUT2D eigenvalue weighted by atomic mass is 35.5. The maximum Gasteiger partial charge on any atom is 0.241 e. The molecule has 3 rings (SSSR count). The number of hydrogen-bond acceptors (Lipinski definition) is 5. The maximum absolute atomic E-state index is 12.6. The van der Waals surface area contributed by atoms with E-state index in [1.807, 2.05) is 36.9 Å². The molecule has 0 N–H and O–H groups in total. The van der Waals surface area contributed by atoms with Crippen molar-refractivity contribution in [2.75, 3.05) is 26.2 Å². The summed E-state index contributed by atoms with van der Waals surface area (Å²) in [5.41, 5.74) is 0.761. The van der Waals surface area contributed by atoms with Crippen molar-refractivity contribution in [1.82, 2.24) is 19.9 Å². The predicted molar refractivity (Wildman–Crippen MR) is 101 cm³/mol. The van der Waals surface area contributed by atoms with Crippen LogP contribution in [0.25, 0.3) is 11.4 Å². The third-order valence-corrected chi connectivity index (χ3v) is 5.20. The standard InChI is InChI=1S/C19H25ClN4O2/c1-3-24(4-2)19(25)14-8-7-11-23(12-14)13-17-21-18(22-26-17)15-9-5-6-10-16(15)20/h5-6,9-10,14H,3-4,7-8,11-13H2,1-2H3. The third kappa shape index (κ3) is 4.24. The lowest BCUT2D eigenvalue weighted by Gasteiger charge is -2.33. The smallest absolute Gasteiger partial charge is 0.241 e. The second-order valence-corrected chi connectivity index (χ2v) is 6.98. The Bertz CT molecular complexity index is 745. The predicted octanol–water partition coefficient (Wildman–Crippen LogP) is 3.47. The van der Waals surface area contributed by atoms with Gasteiger partial charge in [-0.05, 0) is 45.4 Å². The number of aromatic nitrogens is 2. The molecule has 140 valence electrons. The molecule has 2 aromatic rings. The number of likely N-dealkylation sites (tertiary alicyclic amines) is 1. The van der Waals surface area contributed by atoms with Crippen LogP contribution in [0.3, 0.4) is 0 Å². The van der Waals surface area contributed by atoms with Crippen molar-refractivity contribution >= 4 is 17.5 Å². The first-order valence-electron chi connectivity index (χ1n) is 9.21. The SMILES string of the molecule is CCN(CC)C(=O)C1CCCN(Cc2nc(-c3ccccc3Cl)no2)C1. The average Bonchev–Trinajstić information content (AvgIpc) is 3.11. The fraction of sp³-hybridized carbons (Fsp3) is 0.526. The maximum atomic E-state index is 12.6. The molecule has 0 radical (unpaired) electrons. The fourth-order valence-electron chi connectivity index (χ4n) is 3.46. The van der Waals surface area contributed by atoms with Gasteiger partial charge in [0.05, 0.1) is 17.5 Å². The number of nitrogens with zero attached hydrogens (tertiary/aromatic N) is 4. The summed E-state index contributed by atoms with van der Waals surface area (Å²) in [6, 6.07) is 7.44. The minimum absolute atomic E-state index is 0.0506. The normalized spacial score (nSPS) is 18.0. The molecule has 1 aromatic heterocycles. The van der Waals surface area contributed by atoms with Gasteiger partial charge in [-0.3, -0.25) is 9.69 Å². The molecular formula is C19H25ClN4O2. The molecule has 7 heteroatoms. The summed E-state index contributed by atoms with van der Waals surface area (Å²) in [6.45, 7) is 7.80. The molecule has 0 aliphatic carbocycles. The average molecular weight is 377 g/mol. The first-order valence-corrected chi connectivity index (χ1v) is 9.58. The third-order valence-electron chi connectivity index (χ3n) is 4.87. The number of hydrogen-bond donors (Lipinski definition) is 0. The van der Waals surface area contributed by atoms with Crippen molar-refractivity contribution in [1.29, 1.82) is 0 Å². The molecular weight excluding hydrogens is 352 g/mol. The summed E-state index contributed by atoms with van der Waals surface area (Å²) in [7, 11) is 0. The van der Waals surface area contributed by atoms with Crippen LogP contribution >= 0.6 is 11.6 Å². The molecule has 0 bridgehead atoms. The van der Waals surface area contributed by atoms with E-state index in [1.165, 1.54) is 0 Å². The summed E-state index contributed by atoms with van der Waals surface area (Å²) in [5.74, 6) is 1.35. The van der Waals surface area contributed by atoms with Gasteiger partial charge in [-0.1, -0.05) is 28.9 Å². The highest BCUT2D eigenvalue weighted by Crippen LogP contribution is 2.26. The highest BCUT2D eigenvalue weighted by molar-refractivity contribution is 6.33. The van der Waals surface area contributed by atoms with Gasteiger partial charge in [-0.2, -0.15) is 4.98 Å². The number of piperidine rings is 1. The fourth-order valence-corrected chi connectivity index (χ4v) is 3.68. The number of carbonyl (C=O) groups excluding carboxylic acids is 1. The Hall–Kier alpha value is -1.92. The highest BCUT2D eigenvalue weighted by Gasteiger charge is 2.29. The summed E-state index contributed by atoms with van der Waals surface area (Å²) >= 11 is 6.20. The minimum atomic E-state index is 0.0506. The van der Waals surface area contributed by atoms with Crippen LogP contribution in [0.15, 0.2) is 28.8 Å². The Morgan fingerprint density at radius 1 is 1.35 bits per heavy atom. The Morgan fingerprint density at radius 2 is 2.12 bits per heavy atom. The molecule has 1 aliphatic heterocycles. The Morgan fingerprint density at radius 3 is 2.85 bits per heavy atom. The van der Waals surface area contributed by atoms with E-state index in [9.17, 15) is 4.79 Å². The summed E-state index contributed by atoms with van der Waals surface area (Å²) in [4.78, 5) is 21.2.